The number of amides is 1. The van der Waals surface area contributed by atoms with Crippen LogP contribution in [0.5, 0.6) is 0 Å². The van der Waals surface area contributed by atoms with Crippen LogP contribution in [-0.4, -0.2) is 36.1 Å². The Labute approximate surface area is 102 Å². The van der Waals surface area contributed by atoms with Crippen molar-refractivity contribution < 1.29 is 17.1 Å². The predicted octanol–water partition coefficient (Wildman–Crippen LogP) is 0.535. The fraction of sp³-hybridized carbons (Fsp3) is 0.375. The van der Waals surface area contributed by atoms with Crippen LogP contribution in [0.1, 0.15) is 6.42 Å². The second-order valence-corrected chi connectivity index (χ2v) is 5.51. The van der Waals surface area contributed by atoms with E-state index in [1.807, 2.05) is 0 Å². The third kappa shape index (κ3) is 2.52. The van der Waals surface area contributed by atoms with Crippen LogP contribution in [0.4, 0.5) is 9.70 Å². The van der Waals surface area contributed by atoms with Gasteiger partial charge in [0.2, 0.25) is 5.91 Å². The molecule has 1 atom stereocenters. The van der Waals surface area contributed by atoms with Crippen molar-refractivity contribution in [1.82, 2.24) is 9.97 Å². The van der Waals surface area contributed by atoms with Crippen molar-refractivity contribution in [3.05, 3.63) is 17.5 Å². The van der Waals surface area contributed by atoms with Crippen molar-refractivity contribution in [2.24, 2.45) is 0 Å². The van der Waals surface area contributed by atoms with Gasteiger partial charge in [0.05, 0.1) is 12.4 Å². The first-order chi connectivity index (χ1) is 7.88. The third-order valence-corrected chi connectivity index (χ3v) is 3.68. The topological polar surface area (TPSA) is 80.2 Å². The molecule has 0 aromatic carbocycles. The molecule has 1 aromatic rings. The molecule has 9 heteroatoms. The van der Waals surface area contributed by atoms with E-state index in [9.17, 15) is 17.1 Å². The first kappa shape index (κ1) is 12.2. The molecule has 0 saturated carbocycles. The summed E-state index contributed by atoms with van der Waals surface area (Å²) in [5, 5.41) is -1.19. The number of hydrogen-bond donors (Lipinski definition) is 0. The number of halogens is 2. The molecule has 1 fully saturated rings. The van der Waals surface area contributed by atoms with E-state index in [2.05, 4.69) is 9.97 Å². The second kappa shape index (κ2) is 4.19. The largest absolute Gasteiger partial charge is 0.307 e. The standard InChI is InChI=1S/C8H7ClFN3O3S/c9-6-2-12-7(3-11-6)13-4-5(1-8(13)14)17(10,15)16/h2-3,5H,1,4H2. The molecule has 0 radical (unpaired) electrons. The van der Waals surface area contributed by atoms with Gasteiger partial charge in [-0.3, -0.25) is 9.69 Å². The minimum atomic E-state index is -4.72. The fourth-order valence-corrected chi connectivity index (χ4v) is 2.30. The molecule has 0 spiro atoms. The highest BCUT2D eigenvalue weighted by molar-refractivity contribution is 7.87. The Morgan fingerprint density at radius 2 is 2.12 bits per heavy atom. The number of carbonyl (C=O) groups excluding carboxylic acids is 1. The Balaban J connectivity index is 2.24. The van der Waals surface area contributed by atoms with E-state index in [1.54, 1.807) is 0 Å². The predicted molar refractivity (Wildman–Crippen MR) is 57.8 cm³/mol. The summed E-state index contributed by atoms with van der Waals surface area (Å²) < 4.78 is 34.2. The van der Waals surface area contributed by atoms with E-state index in [1.165, 1.54) is 12.4 Å². The van der Waals surface area contributed by atoms with E-state index in [0.717, 1.165) is 4.90 Å². The molecular formula is C8H7ClFN3O3S. The monoisotopic (exact) mass is 279 g/mol. The molecule has 0 N–H and O–H groups in total. The summed E-state index contributed by atoms with van der Waals surface area (Å²) in [4.78, 5) is 20.1. The molecule has 92 valence electrons. The lowest BCUT2D eigenvalue weighted by atomic mass is 10.4. The molecule has 1 aliphatic heterocycles. The smallest absolute Gasteiger partial charge is 0.294 e. The number of rotatable bonds is 2. The van der Waals surface area contributed by atoms with E-state index < -0.39 is 21.4 Å². The zero-order chi connectivity index (χ0) is 12.6. The molecule has 17 heavy (non-hydrogen) atoms. The molecular weight excluding hydrogens is 273 g/mol. The Morgan fingerprint density at radius 1 is 1.41 bits per heavy atom. The maximum atomic E-state index is 12.8. The van der Waals surface area contributed by atoms with Gasteiger partial charge in [-0.1, -0.05) is 11.6 Å². The molecule has 2 rings (SSSR count). The highest BCUT2D eigenvalue weighted by Gasteiger charge is 2.39. The molecule has 2 heterocycles. The number of anilines is 1. The SMILES string of the molecule is O=C1CC(S(=O)(=O)F)CN1c1cnc(Cl)cn1. The summed E-state index contributed by atoms with van der Waals surface area (Å²) in [6.45, 7) is -0.256. The summed E-state index contributed by atoms with van der Waals surface area (Å²) in [5.41, 5.74) is 0. The summed E-state index contributed by atoms with van der Waals surface area (Å²) in [5.74, 6) is -0.349. The molecule has 6 nitrogen and oxygen atoms in total. The average Bonchev–Trinajstić information content (AvgIpc) is 2.61. The minimum absolute atomic E-state index is 0.148. The lowest BCUT2D eigenvalue weighted by Crippen LogP contribution is -2.27. The van der Waals surface area contributed by atoms with Gasteiger partial charge in [0.25, 0.3) is 0 Å². The normalized spacial score (nSPS) is 20.9. The lowest BCUT2D eigenvalue weighted by molar-refractivity contribution is -0.117. The van der Waals surface area contributed by atoms with Gasteiger partial charge in [-0.15, -0.1) is 3.89 Å². The zero-order valence-electron chi connectivity index (χ0n) is 8.38. The maximum absolute atomic E-state index is 12.8. The molecule has 0 bridgehead atoms. The van der Waals surface area contributed by atoms with Crippen LogP contribution in [0.15, 0.2) is 12.4 Å². The maximum Gasteiger partial charge on any atom is 0.307 e. The van der Waals surface area contributed by atoms with Crippen LogP contribution in [0.2, 0.25) is 5.15 Å². The third-order valence-electron chi connectivity index (χ3n) is 2.37. The second-order valence-electron chi connectivity index (χ2n) is 3.50. The van der Waals surface area contributed by atoms with Gasteiger partial charge in [-0.05, 0) is 0 Å². The van der Waals surface area contributed by atoms with Crippen LogP contribution in [0, 0.1) is 0 Å². The van der Waals surface area contributed by atoms with Crippen molar-refractivity contribution in [2.75, 3.05) is 11.4 Å². The summed E-state index contributed by atoms with van der Waals surface area (Å²) in [7, 11) is -4.72. The summed E-state index contributed by atoms with van der Waals surface area (Å²) >= 11 is 5.52. The van der Waals surface area contributed by atoms with E-state index in [-0.39, 0.29) is 23.9 Å². The first-order valence-electron chi connectivity index (χ1n) is 4.59. The van der Waals surface area contributed by atoms with Gasteiger partial charge in [0.1, 0.15) is 10.4 Å². The van der Waals surface area contributed by atoms with Gasteiger partial charge in [-0.25, -0.2) is 9.97 Å². The lowest BCUT2D eigenvalue weighted by Gasteiger charge is -2.13. The van der Waals surface area contributed by atoms with Crippen molar-refractivity contribution in [3.8, 4) is 0 Å². The average molecular weight is 280 g/mol. The van der Waals surface area contributed by atoms with Crippen LogP contribution in [0.25, 0.3) is 0 Å². The molecule has 1 aromatic heterocycles. The molecule has 1 saturated heterocycles. The highest BCUT2D eigenvalue weighted by Crippen LogP contribution is 2.24. The Morgan fingerprint density at radius 3 is 2.59 bits per heavy atom. The number of aromatic nitrogens is 2. The van der Waals surface area contributed by atoms with Crippen LogP contribution in [0.3, 0.4) is 0 Å². The number of hydrogen-bond acceptors (Lipinski definition) is 5. The molecule has 0 aliphatic carbocycles. The van der Waals surface area contributed by atoms with Crippen LogP contribution in [-0.2, 0) is 15.0 Å². The Kier molecular flexibility index (Phi) is 3.00. The van der Waals surface area contributed by atoms with Crippen molar-refractivity contribution in [3.63, 3.8) is 0 Å². The van der Waals surface area contributed by atoms with Gasteiger partial charge >= 0.3 is 10.2 Å². The zero-order valence-corrected chi connectivity index (χ0v) is 9.95. The van der Waals surface area contributed by atoms with E-state index in [0.29, 0.717) is 0 Å². The van der Waals surface area contributed by atoms with Crippen LogP contribution >= 0.6 is 11.6 Å². The van der Waals surface area contributed by atoms with Crippen molar-refractivity contribution >= 4 is 33.5 Å². The van der Waals surface area contributed by atoms with Crippen LogP contribution < -0.4 is 4.90 Å². The number of nitrogens with zero attached hydrogens (tertiary/aromatic N) is 3. The Hall–Kier alpha value is -1.28. The first-order valence-corrected chi connectivity index (χ1v) is 6.42. The quantitative estimate of drug-likeness (QED) is 0.738. The molecule has 1 unspecified atom stereocenters. The van der Waals surface area contributed by atoms with Gasteiger partial charge in [-0.2, -0.15) is 8.42 Å². The van der Waals surface area contributed by atoms with Crippen molar-refractivity contribution in [1.29, 1.82) is 0 Å². The van der Waals surface area contributed by atoms with E-state index >= 15 is 0 Å². The van der Waals surface area contributed by atoms with E-state index in [4.69, 9.17) is 11.6 Å². The summed E-state index contributed by atoms with van der Waals surface area (Å²) in [6, 6.07) is 0. The Bertz CT molecular complexity index is 548. The highest BCUT2D eigenvalue weighted by atomic mass is 35.5. The molecule has 1 amide bonds. The van der Waals surface area contributed by atoms with Crippen molar-refractivity contribution in [2.45, 2.75) is 11.7 Å². The summed E-state index contributed by atoms with van der Waals surface area (Å²) in [6.07, 6.45) is 2.07. The van der Waals surface area contributed by atoms with Gasteiger partial charge in [0, 0.05) is 13.0 Å². The van der Waals surface area contributed by atoms with Gasteiger partial charge in [0.15, 0.2) is 5.82 Å². The molecule has 1 aliphatic rings. The minimum Gasteiger partial charge on any atom is -0.294 e. The number of carbonyl (C=O) groups is 1. The van der Waals surface area contributed by atoms with Gasteiger partial charge < -0.3 is 0 Å². The fourth-order valence-electron chi connectivity index (χ4n) is 1.53.